The number of benzene rings is 1. The van der Waals surface area contributed by atoms with Gasteiger partial charge in [0, 0.05) is 25.3 Å². The Labute approximate surface area is 186 Å². The highest BCUT2D eigenvalue weighted by atomic mass is 16.4. The number of furan rings is 1. The Bertz CT molecular complexity index is 1120. The summed E-state index contributed by atoms with van der Waals surface area (Å²) in [5.74, 6) is -0.201. The number of carbonyl (C=O) groups is 2. The van der Waals surface area contributed by atoms with Gasteiger partial charge in [0.25, 0.3) is 5.91 Å². The second-order valence-electron chi connectivity index (χ2n) is 8.57. The molecule has 32 heavy (non-hydrogen) atoms. The number of piperidine rings is 1. The molecule has 2 saturated heterocycles. The standard InChI is InChI=1S/C24H27N5O3/c25-22(30)21-20(19-7-4-11-26-23(19)32-21)27-24(31)29-14-10-18(15-29)28-12-8-17(9-13-28)16-5-2-1-3-6-16/h1-7,11,17-18H,8-10,12-15H2,(H2,25,30)(H,27,31)/t18-/m1/s1. The van der Waals surface area contributed by atoms with E-state index in [-0.39, 0.29) is 23.2 Å². The molecule has 0 aliphatic carbocycles. The number of carbonyl (C=O) groups excluding carboxylic acids is 2. The average Bonchev–Trinajstić information content (AvgIpc) is 3.46. The molecule has 0 spiro atoms. The van der Waals surface area contributed by atoms with Crippen molar-refractivity contribution in [3.05, 3.63) is 60.0 Å². The first kappa shape index (κ1) is 20.5. The second-order valence-corrected chi connectivity index (χ2v) is 8.57. The number of likely N-dealkylation sites (tertiary alicyclic amines) is 2. The number of amides is 3. The zero-order valence-corrected chi connectivity index (χ0v) is 17.9. The van der Waals surface area contributed by atoms with Gasteiger partial charge in [-0.05, 0) is 56.0 Å². The third kappa shape index (κ3) is 3.93. The van der Waals surface area contributed by atoms with Gasteiger partial charge in [-0.3, -0.25) is 9.69 Å². The Kier molecular flexibility index (Phi) is 5.53. The summed E-state index contributed by atoms with van der Waals surface area (Å²) in [6, 6.07) is 14.3. The van der Waals surface area contributed by atoms with Crippen LogP contribution in [-0.4, -0.2) is 58.9 Å². The van der Waals surface area contributed by atoms with Crippen molar-refractivity contribution in [2.45, 2.75) is 31.2 Å². The number of nitrogens with two attached hydrogens (primary N) is 1. The number of aromatic nitrogens is 1. The van der Waals surface area contributed by atoms with Crippen LogP contribution in [0, 0.1) is 0 Å². The first-order valence-corrected chi connectivity index (χ1v) is 11.1. The average molecular weight is 434 g/mol. The number of fused-ring (bicyclic) bond motifs is 1. The molecule has 0 radical (unpaired) electrons. The van der Waals surface area contributed by atoms with Crippen LogP contribution in [0.15, 0.2) is 53.1 Å². The van der Waals surface area contributed by atoms with Crippen LogP contribution in [0.25, 0.3) is 11.1 Å². The molecule has 3 aromatic rings. The van der Waals surface area contributed by atoms with Crippen LogP contribution in [0.1, 0.15) is 41.3 Å². The molecule has 1 aromatic carbocycles. The van der Waals surface area contributed by atoms with Crippen molar-refractivity contribution in [1.29, 1.82) is 0 Å². The van der Waals surface area contributed by atoms with Crippen LogP contribution in [0.4, 0.5) is 10.5 Å². The molecule has 3 N–H and O–H groups in total. The maximum Gasteiger partial charge on any atom is 0.322 e. The SMILES string of the molecule is NC(=O)c1oc2ncccc2c1NC(=O)N1CC[C@@H](N2CCC(c3ccccc3)CC2)C1. The number of nitrogens with zero attached hydrogens (tertiary/aromatic N) is 3. The first-order valence-electron chi connectivity index (χ1n) is 11.1. The van der Waals surface area contributed by atoms with E-state index in [0.717, 1.165) is 32.4 Å². The lowest BCUT2D eigenvalue weighted by Gasteiger charge is -2.36. The molecule has 0 bridgehead atoms. The fourth-order valence-corrected chi connectivity index (χ4v) is 4.96. The molecule has 8 nitrogen and oxygen atoms in total. The van der Waals surface area contributed by atoms with E-state index in [1.807, 2.05) is 0 Å². The third-order valence-electron chi connectivity index (χ3n) is 6.69. The van der Waals surface area contributed by atoms with Crippen molar-refractivity contribution < 1.29 is 14.0 Å². The smallest absolute Gasteiger partial charge is 0.322 e. The van der Waals surface area contributed by atoms with Crippen molar-refractivity contribution in [3.8, 4) is 0 Å². The van der Waals surface area contributed by atoms with Crippen LogP contribution >= 0.6 is 0 Å². The van der Waals surface area contributed by atoms with E-state index in [9.17, 15) is 9.59 Å². The highest BCUT2D eigenvalue weighted by molar-refractivity contribution is 6.09. The normalized spacial score (nSPS) is 20.0. The molecule has 5 rings (SSSR count). The van der Waals surface area contributed by atoms with Crippen molar-refractivity contribution in [2.75, 3.05) is 31.5 Å². The topological polar surface area (TPSA) is 105 Å². The lowest BCUT2D eigenvalue weighted by atomic mass is 9.89. The van der Waals surface area contributed by atoms with Gasteiger partial charge in [-0.1, -0.05) is 30.3 Å². The molecule has 3 amide bonds. The Balaban J connectivity index is 1.21. The Morgan fingerprint density at radius 2 is 1.81 bits per heavy atom. The van der Waals surface area contributed by atoms with E-state index in [0.29, 0.717) is 30.4 Å². The van der Waals surface area contributed by atoms with Gasteiger partial charge in [0.15, 0.2) is 0 Å². The summed E-state index contributed by atoms with van der Waals surface area (Å²) in [6.45, 7) is 3.43. The van der Waals surface area contributed by atoms with E-state index >= 15 is 0 Å². The minimum atomic E-state index is -0.737. The van der Waals surface area contributed by atoms with Gasteiger partial charge in [-0.25, -0.2) is 9.78 Å². The molecule has 166 valence electrons. The number of urea groups is 1. The zero-order chi connectivity index (χ0) is 22.1. The highest BCUT2D eigenvalue weighted by Crippen LogP contribution is 2.32. The molecule has 2 aliphatic rings. The van der Waals surface area contributed by atoms with Crippen molar-refractivity contribution >= 4 is 28.7 Å². The Morgan fingerprint density at radius 1 is 1.03 bits per heavy atom. The van der Waals surface area contributed by atoms with E-state index in [4.69, 9.17) is 10.2 Å². The molecular weight excluding hydrogens is 406 g/mol. The summed E-state index contributed by atoms with van der Waals surface area (Å²) in [4.78, 5) is 33.2. The zero-order valence-electron chi connectivity index (χ0n) is 17.9. The lowest BCUT2D eigenvalue weighted by Crippen LogP contribution is -2.43. The molecule has 4 heterocycles. The van der Waals surface area contributed by atoms with Crippen LogP contribution in [-0.2, 0) is 0 Å². The van der Waals surface area contributed by atoms with Crippen molar-refractivity contribution in [1.82, 2.24) is 14.8 Å². The van der Waals surface area contributed by atoms with Gasteiger partial charge < -0.3 is 20.4 Å². The van der Waals surface area contributed by atoms with Gasteiger partial charge in [0.2, 0.25) is 11.5 Å². The summed E-state index contributed by atoms with van der Waals surface area (Å²) >= 11 is 0. The van der Waals surface area contributed by atoms with E-state index in [1.165, 1.54) is 5.56 Å². The van der Waals surface area contributed by atoms with Gasteiger partial charge in [0.1, 0.15) is 5.69 Å². The summed E-state index contributed by atoms with van der Waals surface area (Å²) in [5.41, 5.74) is 7.44. The first-order chi connectivity index (χ1) is 15.6. The Morgan fingerprint density at radius 3 is 2.56 bits per heavy atom. The number of rotatable bonds is 4. The van der Waals surface area contributed by atoms with Crippen molar-refractivity contribution in [3.63, 3.8) is 0 Å². The van der Waals surface area contributed by atoms with Crippen LogP contribution in [0.2, 0.25) is 0 Å². The second kappa shape index (κ2) is 8.63. The molecule has 2 fully saturated rings. The molecule has 0 saturated carbocycles. The molecule has 8 heteroatoms. The molecular formula is C24H27N5O3. The minimum absolute atomic E-state index is 0.0780. The maximum absolute atomic E-state index is 13.0. The molecule has 0 unspecified atom stereocenters. The third-order valence-corrected chi connectivity index (χ3v) is 6.69. The van der Waals surface area contributed by atoms with Gasteiger partial charge >= 0.3 is 6.03 Å². The monoisotopic (exact) mass is 433 g/mol. The fraction of sp³-hybridized carbons (Fsp3) is 0.375. The number of hydrogen-bond acceptors (Lipinski definition) is 5. The predicted molar refractivity (Wildman–Crippen MR) is 122 cm³/mol. The number of hydrogen-bond donors (Lipinski definition) is 2. The van der Waals surface area contributed by atoms with E-state index in [1.54, 1.807) is 23.2 Å². The largest absolute Gasteiger partial charge is 0.430 e. The summed E-state index contributed by atoms with van der Waals surface area (Å²) in [5, 5.41) is 3.41. The number of nitrogens with one attached hydrogen (secondary N) is 1. The van der Waals surface area contributed by atoms with Gasteiger partial charge in [-0.2, -0.15) is 0 Å². The quantitative estimate of drug-likeness (QED) is 0.656. The Hall–Kier alpha value is -3.39. The van der Waals surface area contributed by atoms with Crippen LogP contribution < -0.4 is 11.1 Å². The lowest BCUT2D eigenvalue weighted by molar-refractivity contribution is 0.0977. The number of pyridine rings is 1. The van der Waals surface area contributed by atoms with Crippen LogP contribution in [0.3, 0.4) is 0 Å². The van der Waals surface area contributed by atoms with Gasteiger partial charge in [0.05, 0.1) is 5.39 Å². The van der Waals surface area contributed by atoms with E-state index < -0.39 is 5.91 Å². The minimum Gasteiger partial charge on any atom is -0.430 e. The number of anilines is 1. The van der Waals surface area contributed by atoms with Crippen LogP contribution in [0.5, 0.6) is 0 Å². The maximum atomic E-state index is 13.0. The molecule has 1 atom stereocenters. The highest BCUT2D eigenvalue weighted by Gasteiger charge is 2.33. The molecule has 2 aliphatic heterocycles. The molecule has 2 aromatic heterocycles. The summed E-state index contributed by atoms with van der Waals surface area (Å²) in [6.07, 6.45) is 4.79. The predicted octanol–water partition coefficient (Wildman–Crippen LogP) is 3.41. The van der Waals surface area contributed by atoms with Gasteiger partial charge in [-0.15, -0.1) is 0 Å². The van der Waals surface area contributed by atoms with Crippen molar-refractivity contribution in [2.24, 2.45) is 5.73 Å². The fourth-order valence-electron chi connectivity index (χ4n) is 4.96. The summed E-state index contributed by atoms with van der Waals surface area (Å²) in [7, 11) is 0. The number of primary amides is 1. The summed E-state index contributed by atoms with van der Waals surface area (Å²) < 4.78 is 5.46. The van der Waals surface area contributed by atoms with E-state index in [2.05, 4.69) is 45.5 Å².